The van der Waals surface area contributed by atoms with Crippen LogP contribution in [0.15, 0.2) is 0 Å². The van der Waals surface area contributed by atoms with Crippen LogP contribution in [0.25, 0.3) is 0 Å². The molecule has 116 valence electrons. The van der Waals surface area contributed by atoms with Gasteiger partial charge in [0, 0.05) is 6.54 Å². The molecule has 2 aliphatic heterocycles. The Hall–Kier alpha value is -0.630. The van der Waals surface area contributed by atoms with Gasteiger partial charge in [-0.1, -0.05) is 12.8 Å². The first kappa shape index (κ1) is 15.8. The number of amides is 1. The van der Waals surface area contributed by atoms with Crippen molar-refractivity contribution in [3.05, 3.63) is 0 Å². The first-order valence-electron chi connectivity index (χ1n) is 7.04. The molecule has 2 atom stereocenters. The minimum atomic E-state index is -3.37. The van der Waals surface area contributed by atoms with Crippen LogP contribution in [0.4, 0.5) is 0 Å². The minimum Gasteiger partial charge on any atom is -0.354 e. The van der Waals surface area contributed by atoms with Crippen molar-refractivity contribution in [2.45, 2.75) is 49.0 Å². The Morgan fingerprint density at radius 1 is 0.900 bits per heavy atom. The maximum Gasteiger partial charge on any atom is 0.238 e. The smallest absolute Gasteiger partial charge is 0.238 e. The van der Waals surface area contributed by atoms with Crippen LogP contribution in [0.3, 0.4) is 0 Å². The molecule has 0 spiro atoms. The van der Waals surface area contributed by atoms with Gasteiger partial charge in [0.2, 0.25) is 5.91 Å². The highest BCUT2D eigenvalue weighted by Gasteiger charge is 2.36. The number of carbonyl (C=O) groups is 1. The highest BCUT2D eigenvalue weighted by molar-refractivity contribution is 7.92. The predicted octanol–water partition coefficient (Wildman–Crippen LogP) is 0.0372. The summed E-state index contributed by atoms with van der Waals surface area (Å²) in [6, 6.07) is 0. The summed E-state index contributed by atoms with van der Waals surface area (Å²) < 4.78 is 47.3. The SMILES string of the molecule is O=C(NCC1CCCCS1(=O)=O)C1CCCCS1(=O)=O. The van der Waals surface area contributed by atoms with E-state index in [1.165, 1.54) is 0 Å². The van der Waals surface area contributed by atoms with Gasteiger partial charge in [-0.05, 0) is 25.7 Å². The lowest BCUT2D eigenvalue weighted by Gasteiger charge is -2.25. The highest BCUT2D eigenvalue weighted by Crippen LogP contribution is 2.21. The molecule has 2 aliphatic rings. The van der Waals surface area contributed by atoms with E-state index in [0.717, 1.165) is 12.8 Å². The molecule has 2 unspecified atom stereocenters. The molecule has 0 saturated carbocycles. The van der Waals surface area contributed by atoms with Gasteiger partial charge in [-0.2, -0.15) is 0 Å². The molecular weight excluding hydrogens is 302 g/mol. The van der Waals surface area contributed by atoms with Crippen molar-refractivity contribution in [2.24, 2.45) is 0 Å². The van der Waals surface area contributed by atoms with Crippen molar-refractivity contribution in [1.82, 2.24) is 5.32 Å². The molecule has 2 heterocycles. The third-order valence-electron chi connectivity index (χ3n) is 4.09. The fourth-order valence-corrected chi connectivity index (χ4v) is 6.46. The van der Waals surface area contributed by atoms with Crippen LogP contribution in [0.1, 0.15) is 38.5 Å². The quantitative estimate of drug-likeness (QED) is 0.791. The Kier molecular flexibility index (Phi) is 4.73. The van der Waals surface area contributed by atoms with E-state index in [4.69, 9.17) is 0 Å². The van der Waals surface area contributed by atoms with Gasteiger partial charge >= 0.3 is 0 Å². The fraction of sp³-hybridized carbons (Fsp3) is 0.917. The average Bonchev–Trinajstić information content (AvgIpc) is 2.36. The van der Waals surface area contributed by atoms with E-state index in [1.807, 2.05) is 0 Å². The second-order valence-electron chi connectivity index (χ2n) is 5.58. The first-order valence-corrected chi connectivity index (χ1v) is 10.5. The molecule has 2 rings (SSSR count). The van der Waals surface area contributed by atoms with Crippen LogP contribution < -0.4 is 5.32 Å². The van der Waals surface area contributed by atoms with Crippen LogP contribution in [0.5, 0.6) is 0 Å². The van der Waals surface area contributed by atoms with Gasteiger partial charge < -0.3 is 5.32 Å². The number of sulfone groups is 2. The molecular formula is C12H21NO5S2. The van der Waals surface area contributed by atoms with Crippen molar-refractivity contribution in [1.29, 1.82) is 0 Å². The lowest BCUT2D eigenvalue weighted by molar-refractivity contribution is -0.120. The Morgan fingerprint density at radius 2 is 1.50 bits per heavy atom. The predicted molar refractivity (Wildman–Crippen MR) is 75.9 cm³/mol. The standard InChI is InChI=1S/C12H21NO5S2/c14-12(11-6-2-4-8-20(11,17)18)13-9-10-5-1-3-7-19(10,15)16/h10-11H,1-9H2,(H,13,14). The Morgan fingerprint density at radius 3 is 2.10 bits per heavy atom. The molecule has 0 aromatic carbocycles. The largest absolute Gasteiger partial charge is 0.354 e. The second-order valence-corrected chi connectivity index (χ2v) is 10.3. The number of carbonyl (C=O) groups excluding carboxylic acids is 1. The molecule has 1 N–H and O–H groups in total. The van der Waals surface area contributed by atoms with Crippen LogP contribution in [0.2, 0.25) is 0 Å². The van der Waals surface area contributed by atoms with Crippen molar-refractivity contribution < 1.29 is 21.6 Å². The van der Waals surface area contributed by atoms with Gasteiger partial charge in [-0.25, -0.2) is 16.8 Å². The Labute approximate surface area is 120 Å². The normalized spacial score (nSPS) is 32.4. The van der Waals surface area contributed by atoms with E-state index in [-0.39, 0.29) is 18.1 Å². The highest BCUT2D eigenvalue weighted by atomic mass is 32.2. The summed E-state index contributed by atoms with van der Waals surface area (Å²) in [5, 5.41) is 0.975. The number of hydrogen-bond donors (Lipinski definition) is 1. The van der Waals surface area contributed by atoms with Crippen molar-refractivity contribution in [3.63, 3.8) is 0 Å². The third kappa shape index (κ3) is 3.52. The molecule has 8 heteroatoms. The van der Waals surface area contributed by atoms with Crippen molar-refractivity contribution in [3.8, 4) is 0 Å². The van der Waals surface area contributed by atoms with Crippen LogP contribution >= 0.6 is 0 Å². The molecule has 0 aromatic rings. The molecule has 0 radical (unpaired) electrons. The van der Waals surface area contributed by atoms with Crippen molar-refractivity contribution >= 4 is 25.6 Å². The maximum atomic E-state index is 12.0. The topological polar surface area (TPSA) is 97.4 Å². The summed E-state index contributed by atoms with van der Waals surface area (Å²) in [7, 11) is -6.51. The van der Waals surface area contributed by atoms with Gasteiger partial charge in [-0.3, -0.25) is 4.79 Å². The molecule has 0 aliphatic carbocycles. The second kappa shape index (κ2) is 6.01. The van der Waals surface area contributed by atoms with Crippen LogP contribution in [0, 0.1) is 0 Å². The molecule has 0 aromatic heterocycles. The molecule has 2 saturated heterocycles. The number of nitrogens with one attached hydrogen (secondary N) is 1. The molecule has 2 fully saturated rings. The van der Waals surface area contributed by atoms with E-state index in [0.29, 0.717) is 25.7 Å². The average molecular weight is 323 g/mol. The Balaban J connectivity index is 1.95. The summed E-state index contributed by atoms with van der Waals surface area (Å²) in [4.78, 5) is 12.0. The summed E-state index contributed by atoms with van der Waals surface area (Å²) in [5.41, 5.74) is 0. The molecule has 20 heavy (non-hydrogen) atoms. The number of hydrogen-bond acceptors (Lipinski definition) is 5. The zero-order valence-corrected chi connectivity index (χ0v) is 13.0. The zero-order chi connectivity index (χ0) is 14.8. The van der Waals surface area contributed by atoms with Gasteiger partial charge in [0.25, 0.3) is 0 Å². The number of rotatable bonds is 3. The third-order valence-corrected chi connectivity index (χ3v) is 8.54. The van der Waals surface area contributed by atoms with E-state index in [2.05, 4.69) is 5.32 Å². The van der Waals surface area contributed by atoms with E-state index < -0.39 is 36.1 Å². The monoisotopic (exact) mass is 323 g/mol. The van der Waals surface area contributed by atoms with E-state index in [1.54, 1.807) is 0 Å². The van der Waals surface area contributed by atoms with E-state index in [9.17, 15) is 21.6 Å². The lowest BCUT2D eigenvalue weighted by atomic mass is 10.1. The first-order chi connectivity index (χ1) is 9.33. The summed E-state index contributed by atoms with van der Waals surface area (Å²) in [6.45, 7) is 0.0349. The summed E-state index contributed by atoms with van der Waals surface area (Å²) in [5.74, 6) is -0.326. The maximum absolute atomic E-state index is 12.0. The van der Waals surface area contributed by atoms with Crippen molar-refractivity contribution in [2.75, 3.05) is 18.1 Å². The zero-order valence-electron chi connectivity index (χ0n) is 11.4. The van der Waals surface area contributed by atoms with Gasteiger partial charge in [-0.15, -0.1) is 0 Å². The molecule has 1 amide bonds. The molecule has 0 bridgehead atoms. The Bertz CT molecular complexity index is 567. The lowest BCUT2D eigenvalue weighted by Crippen LogP contribution is -2.47. The summed E-state index contributed by atoms with van der Waals surface area (Å²) in [6.07, 6.45) is 3.71. The van der Waals surface area contributed by atoms with Gasteiger partial charge in [0.15, 0.2) is 19.7 Å². The van der Waals surface area contributed by atoms with Gasteiger partial charge in [0.05, 0.1) is 16.8 Å². The fourth-order valence-electron chi connectivity index (χ4n) is 2.83. The minimum absolute atomic E-state index is 0.0349. The molecule has 6 nitrogen and oxygen atoms in total. The summed E-state index contributed by atoms with van der Waals surface area (Å²) >= 11 is 0. The van der Waals surface area contributed by atoms with Crippen LogP contribution in [-0.2, 0) is 24.5 Å². The van der Waals surface area contributed by atoms with Crippen LogP contribution in [-0.4, -0.2) is 51.3 Å². The van der Waals surface area contributed by atoms with E-state index >= 15 is 0 Å². The van der Waals surface area contributed by atoms with Gasteiger partial charge in [0.1, 0.15) is 5.25 Å².